The molecule has 138 valence electrons. The summed E-state index contributed by atoms with van der Waals surface area (Å²) in [5.41, 5.74) is 13.6. The normalized spacial score (nSPS) is 9.93. The van der Waals surface area contributed by atoms with Gasteiger partial charge < -0.3 is 0 Å². The smallest absolute Gasteiger partial charge is 0.173 e. The molecule has 3 aromatic carbocycles. The maximum absolute atomic E-state index is 7.61. The molecule has 0 saturated heterocycles. The van der Waals surface area contributed by atoms with E-state index in [2.05, 4.69) is 65.2 Å². The molecule has 0 unspecified atom stereocenters. The zero-order valence-corrected chi connectivity index (χ0v) is 17.5. The molecular formula is C23H24BrN3. The summed E-state index contributed by atoms with van der Waals surface area (Å²) in [6.45, 7) is 6.27. The average Bonchev–Trinajstić information content (AvgIpc) is 2.69. The second-order valence-corrected chi connectivity index (χ2v) is 7.10. The third-order valence-corrected chi connectivity index (χ3v) is 5.17. The van der Waals surface area contributed by atoms with Gasteiger partial charge in [0.1, 0.15) is 0 Å². The quantitative estimate of drug-likeness (QED) is 0.252. The minimum Gasteiger partial charge on any atom is -0.281 e. The van der Waals surface area contributed by atoms with Gasteiger partial charge in [-0.05, 0) is 60.2 Å². The highest BCUT2D eigenvalue weighted by Gasteiger charge is 2.08. The first-order valence-electron chi connectivity index (χ1n) is 8.84. The van der Waals surface area contributed by atoms with E-state index >= 15 is 0 Å². The van der Waals surface area contributed by atoms with Crippen molar-refractivity contribution in [3.05, 3.63) is 93.5 Å². The Bertz CT molecular complexity index is 948. The Hall–Kier alpha value is -2.59. The predicted octanol–water partition coefficient (Wildman–Crippen LogP) is 7.34. The van der Waals surface area contributed by atoms with Crippen LogP contribution in [0.5, 0.6) is 0 Å². The summed E-state index contributed by atoms with van der Waals surface area (Å²) in [4.78, 5) is 0. The summed E-state index contributed by atoms with van der Waals surface area (Å²) in [7, 11) is 0. The van der Waals surface area contributed by atoms with Crippen LogP contribution in [0, 0.1) is 24.8 Å². The molecule has 0 aromatic heterocycles. The fourth-order valence-corrected chi connectivity index (χ4v) is 3.35. The second-order valence-electron chi connectivity index (χ2n) is 6.25. The molecule has 3 nitrogen and oxygen atoms in total. The highest BCUT2D eigenvalue weighted by molar-refractivity contribution is 9.10. The molecule has 0 fully saturated rings. The summed E-state index contributed by atoms with van der Waals surface area (Å²) >= 11 is 3.46. The van der Waals surface area contributed by atoms with Gasteiger partial charge in [0, 0.05) is 10.0 Å². The van der Waals surface area contributed by atoms with Crippen LogP contribution in [0.25, 0.3) is 11.1 Å². The molecule has 0 amide bonds. The molecule has 2 N–H and O–H groups in total. The Balaban J connectivity index is 0.000000244. The van der Waals surface area contributed by atoms with Gasteiger partial charge >= 0.3 is 0 Å². The predicted molar refractivity (Wildman–Crippen MR) is 117 cm³/mol. The molecule has 0 spiro atoms. The van der Waals surface area contributed by atoms with Crippen LogP contribution in [-0.2, 0) is 6.42 Å². The number of rotatable bonds is 3. The fraction of sp³-hybridized carbons (Fsp3) is 0.174. The minimum atomic E-state index is -0.00941. The maximum atomic E-state index is 7.61. The van der Waals surface area contributed by atoms with E-state index in [4.69, 9.17) is 10.9 Å². The molecular weight excluding hydrogens is 398 g/mol. The van der Waals surface area contributed by atoms with Crippen molar-refractivity contribution < 1.29 is 0 Å². The molecule has 3 rings (SSSR count). The first-order valence-corrected chi connectivity index (χ1v) is 9.63. The summed E-state index contributed by atoms with van der Waals surface area (Å²) in [5.74, 6) is -0.00941. The van der Waals surface area contributed by atoms with Crippen LogP contribution in [0.1, 0.15) is 29.2 Å². The van der Waals surface area contributed by atoms with E-state index < -0.39 is 0 Å². The maximum Gasteiger partial charge on any atom is 0.173 e. The summed E-state index contributed by atoms with van der Waals surface area (Å²) in [5, 5.41) is 10.8. The van der Waals surface area contributed by atoms with Crippen LogP contribution in [-0.4, -0.2) is 5.84 Å². The van der Waals surface area contributed by atoms with Crippen LogP contribution in [0.15, 0.2) is 76.3 Å². The number of amidine groups is 1. The van der Waals surface area contributed by atoms with Crippen molar-refractivity contribution in [2.75, 3.05) is 0 Å². The van der Waals surface area contributed by atoms with Gasteiger partial charge in [0.05, 0.1) is 0 Å². The Labute approximate surface area is 169 Å². The molecule has 0 aliphatic rings. The molecule has 4 heteroatoms. The Kier molecular flexibility index (Phi) is 7.62. The van der Waals surface area contributed by atoms with Gasteiger partial charge in [0.25, 0.3) is 0 Å². The number of nitrogens with one attached hydrogen (secondary N) is 2. The van der Waals surface area contributed by atoms with Crippen LogP contribution >= 0.6 is 15.9 Å². The van der Waals surface area contributed by atoms with Crippen LogP contribution in [0.3, 0.4) is 0 Å². The fourth-order valence-electron chi connectivity index (χ4n) is 2.78. The van der Waals surface area contributed by atoms with Crippen molar-refractivity contribution in [3.8, 4) is 11.1 Å². The van der Waals surface area contributed by atoms with Gasteiger partial charge in [-0.25, -0.2) is 5.53 Å². The second kappa shape index (κ2) is 9.93. The van der Waals surface area contributed by atoms with Crippen molar-refractivity contribution in [1.29, 1.82) is 10.9 Å². The van der Waals surface area contributed by atoms with Crippen molar-refractivity contribution >= 4 is 21.8 Å². The topological polar surface area (TPSA) is 60.1 Å². The Morgan fingerprint density at radius 2 is 1.52 bits per heavy atom. The monoisotopic (exact) mass is 421 g/mol. The van der Waals surface area contributed by atoms with Gasteiger partial charge in [0.2, 0.25) is 0 Å². The third kappa shape index (κ3) is 5.44. The van der Waals surface area contributed by atoms with Gasteiger partial charge in [0.15, 0.2) is 5.84 Å². The number of nitrogens with zero attached hydrogens (tertiary/aromatic N) is 1. The van der Waals surface area contributed by atoms with E-state index in [0.717, 1.165) is 23.1 Å². The molecule has 0 aliphatic heterocycles. The highest BCUT2D eigenvalue weighted by atomic mass is 79.9. The zero-order chi connectivity index (χ0) is 19.8. The van der Waals surface area contributed by atoms with E-state index in [1.165, 1.54) is 15.6 Å². The van der Waals surface area contributed by atoms with E-state index in [0.29, 0.717) is 5.56 Å². The van der Waals surface area contributed by atoms with Gasteiger partial charge in [-0.15, -0.1) is 5.11 Å². The lowest BCUT2D eigenvalue weighted by Crippen LogP contribution is -1.96. The molecule has 0 radical (unpaired) electrons. The lowest BCUT2D eigenvalue weighted by molar-refractivity contribution is 1.13. The van der Waals surface area contributed by atoms with Crippen molar-refractivity contribution in [2.45, 2.75) is 27.2 Å². The Morgan fingerprint density at radius 1 is 0.889 bits per heavy atom. The molecule has 27 heavy (non-hydrogen) atoms. The molecule has 0 bridgehead atoms. The standard InChI is InChI=1S/C15H15N3.C8H9Br/c1-10-5-3-4-6-13(10)14-9-12(15(16)18-17)8-7-11(14)2;1-2-7-5-3-4-6-8(7)9/h3-9,16-17H,1-2H3;3-6H,2H2,1H3. The van der Waals surface area contributed by atoms with E-state index in [1.807, 2.05) is 43.3 Å². The van der Waals surface area contributed by atoms with Gasteiger partial charge in [-0.1, -0.05) is 77.5 Å². The highest BCUT2D eigenvalue weighted by Crippen LogP contribution is 2.27. The molecule has 0 atom stereocenters. The summed E-state index contributed by atoms with van der Waals surface area (Å²) in [6, 6.07) is 22.2. The molecule has 0 aliphatic carbocycles. The molecule has 3 aromatic rings. The van der Waals surface area contributed by atoms with E-state index in [1.54, 1.807) is 0 Å². The number of benzene rings is 3. The van der Waals surface area contributed by atoms with Crippen LogP contribution < -0.4 is 0 Å². The molecule has 0 heterocycles. The van der Waals surface area contributed by atoms with Crippen molar-refractivity contribution in [1.82, 2.24) is 0 Å². The zero-order valence-electron chi connectivity index (χ0n) is 15.9. The number of hydrogen-bond acceptors (Lipinski definition) is 2. The first kappa shape index (κ1) is 20.7. The van der Waals surface area contributed by atoms with Crippen molar-refractivity contribution in [3.63, 3.8) is 0 Å². The van der Waals surface area contributed by atoms with Gasteiger partial charge in [-0.2, -0.15) is 0 Å². The number of aryl methyl sites for hydroxylation is 3. The number of hydrogen-bond donors (Lipinski definition) is 2. The third-order valence-electron chi connectivity index (χ3n) is 4.40. The van der Waals surface area contributed by atoms with E-state index in [-0.39, 0.29) is 5.84 Å². The largest absolute Gasteiger partial charge is 0.281 e. The van der Waals surface area contributed by atoms with Gasteiger partial charge in [-0.3, -0.25) is 5.41 Å². The number of halogens is 1. The van der Waals surface area contributed by atoms with Crippen LogP contribution in [0.4, 0.5) is 0 Å². The van der Waals surface area contributed by atoms with E-state index in [9.17, 15) is 0 Å². The SMILES string of the molecule is CCc1ccccc1Br.Cc1ccccc1-c1cc(C(=N)N=N)ccc1C. The summed E-state index contributed by atoms with van der Waals surface area (Å²) < 4.78 is 1.22. The minimum absolute atomic E-state index is 0.00941. The molecule has 0 saturated carbocycles. The van der Waals surface area contributed by atoms with Crippen molar-refractivity contribution in [2.24, 2.45) is 5.11 Å². The average molecular weight is 422 g/mol. The summed E-state index contributed by atoms with van der Waals surface area (Å²) in [6.07, 6.45) is 1.10. The van der Waals surface area contributed by atoms with Crippen LogP contribution in [0.2, 0.25) is 0 Å². The first-order chi connectivity index (χ1) is 13.0. The lowest BCUT2D eigenvalue weighted by Gasteiger charge is -2.10. The lowest BCUT2D eigenvalue weighted by atomic mass is 9.95. The Morgan fingerprint density at radius 3 is 2.11 bits per heavy atom.